The number of aromatic nitrogens is 1. The molecule has 1 heterocycles. The molecule has 1 unspecified atom stereocenters. The number of nitrogens with zero attached hydrogens (tertiary/aromatic N) is 1. The Kier molecular flexibility index (Phi) is 3.15. The molecule has 2 rings (SSSR count). The van der Waals surface area contributed by atoms with Gasteiger partial charge in [-0.3, -0.25) is 0 Å². The largest absolute Gasteiger partial charge is 0.380 e. The second-order valence-electron chi connectivity index (χ2n) is 3.91. The molecule has 0 aliphatic carbocycles. The van der Waals surface area contributed by atoms with Gasteiger partial charge in [0.1, 0.15) is 10.2 Å². The minimum Gasteiger partial charge on any atom is -0.380 e. The molecule has 2 aromatic rings. The van der Waals surface area contributed by atoms with Crippen molar-refractivity contribution in [2.45, 2.75) is 19.4 Å². The Morgan fingerprint density at radius 2 is 2.19 bits per heavy atom. The molecule has 1 N–H and O–H groups in total. The third kappa shape index (κ3) is 2.05. The van der Waals surface area contributed by atoms with Gasteiger partial charge in [-0.15, -0.1) is 11.3 Å². The molecule has 1 aromatic carbocycles. The molecule has 4 heteroatoms. The molecule has 0 aliphatic heterocycles. The van der Waals surface area contributed by atoms with Crippen LogP contribution in [0.2, 0.25) is 0 Å². The fourth-order valence-corrected chi connectivity index (χ4v) is 3.29. The van der Waals surface area contributed by atoms with Crippen LogP contribution in [0, 0.1) is 6.92 Å². The summed E-state index contributed by atoms with van der Waals surface area (Å²) in [5.74, 6) is 0. The van der Waals surface area contributed by atoms with Crippen molar-refractivity contribution in [1.29, 1.82) is 0 Å². The van der Waals surface area contributed by atoms with Crippen LogP contribution in [-0.4, -0.2) is 10.1 Å². The molecule has 0 amide bonds. The lowest BCUT2D eigenvalue weighted by atomic mass is 9.94. The average Bonchev–Trinajstić information content (AvgIpc) is 2.65. The van der Waals surface area contributed by atoms with Crippen LogP contribution in [0.3, 0.4) is 0 Å². The molecule has 0 radical (unpaired) electrons. The van der Waals surface area contributed by atoms with E-state index in [9.17, 15) is 5.11 Å². The second kappa shape index (κ2) is 4.28. The van der Waals surface area contributed by atoms with E-state index in [0.717, 1.165) is 16.0 Å². The molecule has 0 saturated heterocycles. The van der Waals surface area contributed by atoms with Gasteiger partial charge in [0.15, 0.2) is 0 Å². The summed E-state index contributed by atoms with van der Waals surface area (Å²) >= 11 is 4.81. The summed E-state index contributed by atoms with van der Waals surface area (Å²) in [6, 6.07) is 7.89. The molecular weight excluding hydrogens is 286 g/mol. The van der Waals surface area contributed by atoms with Crippen molar-refractivity contribution in [3.8, 4) is 0 Å². The SMILES string of the molecule is Cc1cccc(C(C)(O)c2scnc2Br)c1. The van der Waals surface area contributed by atoms with Gasteiger partial charge in [-0.05, 0) is 35.3 Å². The van der Waals surface area contributed by atoms with Crippen molar-refractivity contribution in [3.05, 3.63) is 50.4 Å². The summed E-state index contributed by atoms with van der Waals surface area (Å²) in [6.45, 7) is 3.81. The van der Waals surface area contributed by atoms with Gasteiger partial charge in [-0.1, -0.05) is 29.8 Å². The molecule has 16 heavy (non-hydrogen) atoms. The van der Waals surface area contributed by atoms with Crippen LogP contribution in [0.4, 0.5) is 0 Å². The summed E-state index contributed by atoms with van der Waals surface area (Å²) < 4.78 is 0.712. The van der Waals surface area contributed by atoms with Crippen LogP contribution in [0.15, 0.2) is 34.4 Å². The number of halogens is 1. The van der Waals surface area contributed by atoms with Crippen LogP contribution in [0.25, 0.3) is 0 Å². The molecule has 2 nitrogen and oxygen atoms in total. The first-order valence-electron chi connectivity index (χ1n) is 4.91. The Balaban J connectivity index is 2.51. The molecule has 1 atom stereocenters. The zero-order valence-corrected chi connectivity index (χ0v) is 11.5. The fraction of sp³-hybridized carbons (Fsp3) is 0.250. The zero-order valence-electron chi connectivity index (χ0n) is 9.07. The maximum absolute atomic E-state index is 10.6. The second-order valence-corrected chi connectivity index (χ2v) is 5.52. The standard InChI is InChI=1S/C12H12BrNOS/c1-8-4-3-5-9(6-8)12(2,15)10-11(13)14-7-16-10/h3-7,15H,1-2H3. The van der Waals surface area contributed by atoms with E-state index < -0.39 is 5.60 Å². The third-order valence-electron chi connectivity index (χ3n) is 2.55. The van der Waals surface area contributed by atoms with Gasteiger partial charge < -0.3 is 5.11 Å². The van der Waals surface area contributed by atoms with Gasteiger partial charge in [0.25, 0.3) is 0 Å². The summed E-state index contributed by atoms with van der Waals surface area (Å²) in [5, 5.41) is 10.6. The maximum Gasteiger partial charge on any atom is 0.124 e. The number of aliphatic hydroxyl groups is 1. The number of thiazole rings is 1. The topological polar surface area (TPSA) is 33.1 Å². The lowest BCUT2D eigenvalue weighted by molar-refractivity contribution is 0.105. The quantitative estimate of drug-likeness (QED) is 0.921. The first kappa shape index (κ1) is 11.8. The van der Waals surface area contributed by atoms with Gasteiger partial charge in [-0.2, -0.15) is 0 Å². The Hall–Kier alpha value is -0.710. The highest BCUT2D eigenvalue weighted by atomic mass is 79.9. The molecule has 0 bridgehead atoms. The minimum atomic E-state index is -0.994. The number of hydrogen-bond donors (Lipinski definition) is 1. The van der Waals surface area contributed by atoms with E-state index in [4.69, 9.17) is 0 Å². The van der Waals surface area contributed by atoms with E-state index >= 15 is 0 Å². The van der Waals surface area contributed by atoms with E-state index in [-0.39, 0.29) is 0 Å². The van der Waals surface area contributed by atoms with Gasteiger partial charge >= 0.3 is 0 Å². The van der Waals surface area contributed by atoms with Crippen molar-refractivity contribution in [3.63, 3.8) is 0 Å². The highest BCUT2D eigenvalue weighted by Gasteiger charge is 2.29. The summed E-state index contributed by atoms with van der Waals surface area (Å²) in [6.07, 6.45) is 0. The first-order chi connectivity index (χ1) is 7.51. The normalized spacial score (nSPS) is 14.8. The van der Waals surface area contributed by atoms with Crippen molar-refractivity contribution >= 4 is 27.3 Å². The highest BCUT2D eigenvalue weighted by molar-refractivity contribution is 9.10. The van der Waals surface area contributed by atoms with Gasteiger partial charge in [0.2, 0.25) is 0 Å². The number of hydrogen-bond acceptors (Lipinski definition) is 3. The Morgan fingerprint density at radius 3 is 2.75 bits per heavy atom. The Bertz CT molecular complexity index is 507. The van der Waals surface area contributed by atoms with E-state index in [1.54, 1.807) is 12.4 Å². The molecular formula is C12H12BrNOS. The molecule has 1 aromatic heterocycles. The predicted octanol–water partition coefficient (Wildman–Crippen LogP) is 3.47. The van der Waals surface area contributed by atoms with Crippen molar-refractivity contribution in [2.75, 3.05) is 0 Å². The van der Waals surface area contributed by atoms with Crippen LogP contribution >= 0.6 is 27.3 Å². The predicted molar refractivity (Wildman–Crippen MR) is 69.7 cm³/mol. The minimum absolute atomic E-state index is 0.712. The Morgan fingerprint density at radius 1 is 1.44 bits per heavy atom. The number of rotatable bonds is 2. The van der Waals surface area contributed by atoms with E-state index in [2.05, 4.69) is 20.9 Å². The van der Waals surface area contributed by atoms with Crippen LogP contribution in [-0.2, 0) is 5.60 Å². The number of benzene rings is 1. The highest BCUT2D eigenvalue weighted by Crippen LogP contribution is 2.36. The van der Waals surface area contributed by atoms with Gasteiger partial charge in [0.05, 0.1) is 10.4 Å². The van der Waals surface area contributed by atoms with Crippen LogP contribution in [0.5, 0.6) is 0 Å². The summed E-state index contributed by atoms with van der Waals surface area (Å²) in [5.41, 5.74) is 2.76. The molecule has 0 aliphatic rings. The van der Waals surface area contributed by atoms with Gasteiger partial charge in [0, 0.05) is 0 Å². The maximum atomic E-state index is 10.6. The Labute approximate surface area is 107 Å². The fourth-order valence-electron chi connectivity index (χ4n) is 1.63. The van der Waals surface area contributed by atoms with E-state index in [0.29, 0.717) is 4.60 Å². The van der Waals surface area contributed by atoms with E-state index in [1.807, 2.05) is 31.2 Å². The molecule has 0 fully saturated rings. The van der Waals surface area contributed by atoms with Crippen molar-refractivity contribution < 1.29 is 5.11 Å². The molecule has 0 saturated carbocycles. The van der Waals surface area contributed by atoms with Crippen molar-refractivity contribution in [1.82, 2.24) is 4.98 Å². The van der Waals surface area contributed by atoms with E-state index in [1.165, 1.54) is 11.3 Å². The van der Waals surface area contributed by atoms with Crippen LogP contribution < -0.4 is 0 Å². The zero-order chi connectivity index (χ0) is 11.8. The van der Waals surface area contributed by atoms with Crippen LogP contribution in [0.1, 0.15) is 22.9 Å². The monoisotopic (exact) mass is 297 g/mol. The summed E-state index contributed by atoms with van der Waals surface area (Å²) in [7, 11) is 0. The summed E-state index contributed by atoms with van der Waals surface area (Å²) in [4.78, 5) is 4.94. The lowest BCUT2D eigenvalue weighted by Crippen LogP contribution is -2.22. The number of aryl methyl sites for hydroxylation is 1. The average molecular weight is 298 g/mol. The molecule has 84 valence electrons. The van der Waals surface area contributed by atoms with Crippen molar-refractivity contribution in [2.24, 2.45) is 0 Å². The third-order valence-corrected chi connectivity index (χ3v) is 4.45. The smallest absolute Gasteiger partial charge is 0.124 e. The van der Waals surface area contributed by atoms with Gasteiger partial charge in [-0.25, -0.2) is 4.98 Å². The first-order valence-corrected chi connectivity index (χ1v) is 6.58. The molecule has 0 spiro atoms. The lowest BCUT2D eigenvalue weighted by Gasteiger charge is -2.23.